The number of hydrogen-bond donors (Lipinski definition) is 2. The van der Waals surface area contributed by atoms with Crippen molar-refractivity contribution in [3.8, 4) is 0 Å². The Balaban J connectivity index is 2.43. The van der Waals surface area contributed by atoms with Crippen LogP contribution in [0.15, 0.2) is 51.1 Å². The van der Waals surface area contributed by atoms with Gasteiger partial charge in [0, 0.05) is 20.2 Å². The maximum atomic E-state index is 7.90. The molecule has 0 bridgehead atoms. The van der Waals surface area contributed by atoms with Gasteiger partial charge in [-0.25, -0.2) is 0 Å². The third-order valence-corrected chi connectivity index (χ3v) is 5.29. The predicted molar refractivity (Wildman–Crippen MR) is 93.9 cm³/mol. The summed E-state index contributed by atoms with van der Waals surface area (Å²) in [6.07, 6.45) is 0. The number of amidine groups is 1. The van der Waals surface area contributed by atoms with E-state index in [1.807, 2.05) is 18.2 Å². The molecule has 0 aromatic heterocycles. The van der Waals surface area contributed by atoms with Crippen molar-refractivity contribution in [3.63, 3.8) is 0 Å². The van der Waals surface area contributed by atoms with Crippen LogP contribution in [0.3, 0.4) is 0 Å². The Morgan fingerprint density at radius 1 is 1.10 bits per heavy atom. The van der Waals surface area contributed by atoms with Crippen LogP contribution in [-0.2, 0) is 0 Å². The Kier molecular flexibility index (Phi) is 5.37. The molecular formula is C17H20N2S2. The molecular weight excluding hydrogens is 296 g/mol. The topological polar surface area (TPSA) is 49.9 Å². The van der Waals surface area contributed by atoms with Crippen LogP contribution in [-0.4, -0.2) is 11.6 Å². The molecule has 2 nitrogen and oxygen atoms in total. The molecule has 21 heavy (non-hydrogen) atoms. The maximum absolute atomic E-state index is 7.90. The van der Waals surface area contributed by atoms with E-state index in [0.29, 0.717) is 0 Å². The fourth-order valence-corrected chi connectivity index (χ4v) is 4.15. The summed E-state index contributed by atoms with van der Waals surface area (Å²) in [4.78, 5) is 3.34. The molecule has 0 amide bonds. The standard InChI is InChI=1S/C17H20N2S2/c1-4-20-14-6-5-7-15(16(14)17(18)19)21-13-9-8-11(2)10-12(13)3/h5-10H,4H2,1-3H3,(H3,18,19). The molecule has 0 aliphatic rings. The average molecular weight is 316 g/mol. The summed E-state index contributed by atoms with van der Waals surface area (Å²) in [5.41, 5.74) is 9.19. The highest BCUT2D eigenvalue weighted by Gasteiger charge is 2.13. The predicted octanol–water partition coefficient (Wildman–Crippen LogP) is 4.85. The lowest BCUT2D eigenvalue weighted by molar-refractivity contribution is 1.22. The van der Waals surface area contributed by atoms with Gasteiger partial charge in [0.25, 0.3) is 0 Å². The zero-order valence-electron chi connectivity index (χ0n) is 12.6. The van der Waals surface area contributed by atoms with Gasteiger partial charge in [-0.3, -0.25) is 5.41 Å². The van der Waals surface area contributed by atoms with E-state index in [1.165, 1.54) is 16.0 Å². The summed E-state index contributed by atoms with van der Waals surface area (Å²) in [5, 5.41) is 7.90. The average Bonchev–Trinajstić information content (AvgIpc) is 2.42. The molecule has 2 aromatic carbocycles. The van der Waals surface area contributed by atoms with Gasteiger partial charge in [0.2, 0.25) is 0 Å². The van der Waals surface area contributed by atoms with Gasteiger partial charge in [-0.1, -0.05) is 42.4 Å². The monoisotopic (exact) mass is 316 g/mol. The van der Waals surface area contributed by atoms with E-state index in [2.05, 4.69) is 39.0 Å². The molecule has 110 valence electrons. The van der Waals surface area contributed by atoms with Crippen molar-refractivity contribution >= 4 is 29.4 Å². The number of rotatable bonds is 5. The van der Waals surface area contributed by atoms with Crippen molar-refractivity contribution in [2.75, 3.05) is 5.75 Å². The second-order valence-corrected chi connectivity index (χ2v) is 7.24. The van der Waals surface area contributed by atoms with E-state index in [-0.39, 0.29) is 5.84 Å². The quantitative estimate of drug-likeness (QED) is 0.471. The number of nitrogens with one attached hydrogen (secondary N) is 1. The minimum atomic E-state index is 0.138. The summed E-state index contributed by atoms with van der Waals surface area (Å²) in [7, 11) is 0. The van der Waals surface area contributed by atoms with Gasteiger partial charge in [0.1, 0.15) is 5.84 Å². The van der Waals surface area contributed by atoms with Crippen LogP contribution in [0.2, 0.25) is 0 Å². The number of nitrogens with two attached hydrogens (primary N) is 1. The molecule has 0 spiro atoms. The molecule has 0 atom stereocenters. The van der Waals surface area contributed by atoms with E-state index < -0.39 is 0 Å². The molecule has 0 heterocycles. The summed E-state index contributed by atoms with van der Waals surface area (Å²) < 4.78 is 0. The van der Waals surface area contributed by atoms with Gasteiger partial charge in [0.05, 0.1) is 0 Å². The van der Waals surface area contributed by atoms with Crippen LogP contribution in [0.5, 0.6) is 0 Å². The fourth-order valence-electron chi connectivity index (χ4n) is 2.17. The van der Waals surface area contributed by atoms with E-state index >= 15 is 0 Å². The SMILES string of the molecule is CCSc1cccc(Sc2ccc(C)cc2C)c1C(=N)N. The van der Waals surface area contributed by atoms with Crippen molar-refractivity contribution in [2.24, 2.45) is 5.73 Å². The van der Waals surface area contributed by atoms with Crippen LogP contribution in [0.25, 0.3) is 0 Å². The Morgan fingerprint density at radius 2 is 1.81 bits per heavy atom. The largest absolute Gasteiger partial charge is 0.384 e. The van der Waals surface area contributed by atoms with Gasteiger partial charge in [-0.05, 0) is 43.4 Å². The highest BCUT2D eigenvalue weighted by Crippen LogP contribution is 2.36. The molecule has 3 N–H and O–H groups in total. The summed E-state index contributed by atoms with van der Waals surface area (Å²) in [6.45, 7) is 6.33. The number of hydrogen-bond acceptors (Lipinski definition) is 3. The first kappa shape index (κ1) is 16.0. The van der Waals surface area contributed by atoms with Crippen molar-refractivity contribution < 1.29 is 0 Å². The van der Waals surface area contributed by atoms with Crippen molar-refractivity contribution in [1.82, 2.24) is 0 Å². The van der Waals surface area contributed by atoms with Crippen LogP contribution in [0, 0.1) is 19.3 Å². The van der Waals surface area contributed by atoms with Crippen molar-refractivity contribution in [3.05, 3.63) is 53.1 Å². The molecule has 2 rings (SSSR count). The summed E-state index contributed by atoms with van der Waals surface area (Å²) >= 11 is 3.41. The first-order chi connectivity index (χ1) is 10.0. The Bertz CT molecular complexity index is 666. The van der Waals surface area contributed by atoms with Crippen LogP contribution < -0.4 is 5.73 Å². The van der Waals surface area contributed by atoms with Crippen molar-refractivity contribution in [1.29, 1.82) is 5.41 Å². The third-order valence-electron chi connectivity index (χ3n) is 3.11. The second kappa shape index (κ2) is 7.05. The lowest BCUT2D eigenvalue weighted by Crippen LogP contribution is -2.13. The van der Waals surface area contributed by atoms with E-state index in [4.69, 9.17) is 11.1 Å². The number of nitrogen functional groups attached to an aromatic ring is 1. The van der Waals surface area contributed by atoms with Gasteiger partial charge >= 0.3 is 0 Å². The third kappa shape index (κ3) is 3.83. The van der Waals surface area contributed by atoms with Gasteiger partial charge < -0.3 is 5.73 Å². The first-order valence-electron chi connectivity index (χ1n) is 6.88. The maximum Gasteiger partial charge on any atom is 0.125 e. The molecule has 0 saturated carbocycles. The normalized spacial score (nSPS) is 10.6. The Hall–Kier alpha value is -1.39. The smallest absolute Gasteiger partial charge is 0.125 e. The molecule has 4 heteroatoms. The first-order valence-corrected chi connectivity index (χ1v) is 8.68. The molecule has 0 saturated heterocycles. The van der Waals surface area contributed by atoms with Gasteiger partial charge in [-0.15, -0.1) is 11.8 Å². The van der Waals surface area contributed by atoms with Crippen LogP contribution >= 0.6 is 23.5 Å². The lowest BCUT2D eigenvalue weighted by Gasteiger charge is -2.14. The van der Waals surface area contributed by atoms with E-state index in [9.17, 15) is 0 Å². The molecule has 0 unspecified atom stereocenters. The second-order valence-electron chi connectivity index (χ2n) is 4.85. The molecule has 2 aromatic rings. The Morgan fingerprint density at radius 3 is 2.43 bits per heavy atom. The molecule has 0 aliphatic heterocycles. The zero-order valence-corrected chi connectivity index (χ0v) is 14.2. The fraction of sp³-hybridized carbons (Fsp3) is 0.235. The lowest BCUT2D eigenvalue weighted by atomic mass is 10.2. The minimum absolute atomic E-state index is 0.138. The van der Waals surface area contributed by atoms with E-state index in [0.717, 1.165) is 21.1 Å². The zero-order chi connectivity index (χ0) is 15.4. The highest BCUT2D eigenvalue weighted by atomic mass is 32.2. The number of aryl methyl sites for hydroxylation is 2. The van der Waals surface area contributed by atoms with E-state index in [1.54, 1.807) is 23.5 Å². The minimum Gasteiger partial charge on any atom is -0.384 e. The summed E-state index contributed by atoms with van der Waals surface area (Å²) in [6, 6.07) is 12.6. The van der Waals surface area contributed by atoms with Gasteiger partial charge in [0.15, 0.2) is 0 Å². The van der Waals surface area contributed by atoms with Crippen LogP contribution in [0.1, 0.15) is 23.6 Å². The molecule has 0 radical (unpaired) electrons. The Labute approximate surface area is 135 Å². The number of benzene rings is 2. The molecule has 0 aliphatic carbocycles. The molecule has 0 fully saturated rings. The number of thioether (sulfide) groups is 1. The highest BCUT2D eigenvalue weighted by molar-refractivity contribution is 8.00. The van der Waals surface area contributed by atoms with Crippen LogP contribution in [0.4, 0.5) is 0 Å². The van der Waals surface area contributed by atoms with Crippen molar-refractivity contribution in [2.45, 2.75) is 35.5 Å². The van der Waals surface area contributed by atoms with Gasteiger partial charge in [-0.2, -0.15) is 0 Å². The summed E-state index contributed by atoms with van der Waals surface area (Å²) in [5.74, 6) is 1.11.